The van der Waals surface area contributed by atoms with Crippen molar-refractivity contribution in [3.63, 3.8) is 0 Å². The van der Waals surface area contributed by atoms with Crippen LogP contribution in [0, 0.1) is 25.2 Å². The van der Waals surface area contributed by atoms with Gasteiger partial charge in [-0.15, -0.1) is 0 Å². The van der Waals surface area contributed by atoms with E-state index in [1.54, 1.807) is 31.2 Å². The summed E-state index contributed by atoms with van der Waals surface area (Å²) in [6, 6.07) is 14.3. The van der Waals surface area contributed by atoms with Gasteiger partial charge in [-0.2, -0.15) is 5.26 Å². The quantitative estimate of drug-likeness (QED) is 0.450. The highest BCUT2D eigenvalue weighted by atomic mass is 16.6. The Kier molecular flexibility index (Phi) is 7.35. The maximum absolute atomic E-state index is 12.4. The highest BCUT2D eigenvalue weighted by Gasteiger charge is 2.11. The minimum atomic E-state index is -0.475. The molecule has 0 bridgehead atoms. The number of nitrogens with one attached hydrogen (secondary N) is 1. The lowest BCUT2D eigenvalue weighted by Gasteiger charge is -2.09. The van der Waals surface area contributed by atoms with Crippen molar-refractivity contribution in [1.29, 1.82) is 5.26 Å². The molecule has 2 aromatic carbocycles. The highest BCUT2D eigenvalue weighted by molar-refractivity contribution is 6.09. The Balaban J connectivity index is 2.05. The van der Waals surface area contributed by atoms with E-state index in [0.717, 1.165) is 11.1 Å². The van der Waals surface area contributed by atoms with E-state index in [4.69, 9.17) is 9.47 Å². The second-order valence-corrected chi connectivity index (χ2v) is 6.11. The Labute approximate surface area is 164 Å². The van der Waals surface area contributed by atoms with Crippen molar-refractivity contribution in [3.8, 4) is 11.8 Å². The molecule has 1 amide bonds. The van der Waals surface area contributed by atoms with Crippen LogP contribution in [0.4, 0.5) is 5.69 Å². The number of hydrogen-bond acceptors (Lipinski definition) is 5. The average molecular weight is 378 g/mol. The number of rotatable bonds is 7. The summed E-state index contributed by atoms with van der Waals surface area (Å²) in [6.07, 6.45) is 1.49. The maximum atomic E-state index is 12.4. The maximum Gasteiger partial charge on any atom is 0.344 e. The lowest BCUT2D eigenvalue weighted by Crippen LogP contribution is -2.14. The molecule has 6 heteroatoms. The molecule has 2 rings (SSSR count). The molecule has 0 fully saturated rings. The van der Waals surface area contributed by atoms with Crippen molar-refractivity contribution in [1.82, 2.24) is 0 Å². The van der Waals surface area contributed by atoms with Crippen LogP contribution in [0.25, 0.3) is 6.08 Å². The van der Waals surface area contributed by atoms with Gasteiger partial charge in [0.15, 0.2) is 6.61 Å². The van der Waals surface area contributed by atoms with Gasteiger partial charge in [0.1, 0.15) is 17.4 Å². The number of carbonyl (C=O) groups excluding carboxylic acids is 2. The number of hydrogen-bond donors (Lipinski definition) is 1. The molecule has 0 atom stereocenters. The average Bonchev–Trinajstić information content (AvgIpc) is 2.67. The molecule has 0 spiro atoms. The molecule has 0 heterocycles. The second-order valence-electron chi connectivity index (χ2n) is 6.11. The van der Waals surface area contributed by atoms with Crippen LogP contribution >= 0.6 is 0 Å². The first-order chi connectivity index (χ1) is 13.4. The van der Waals surface area contributed by atoms with Crippen molar-refractivity contribution in [3.05, 3.63) is 64.7 Å². The summed E-state index contributed by atoms with van der Waals surface area (Å²) >= 11 is 0. The lowest BCUT2D eigenvalue weighted by atomic mass is 10.1. The van der Waals surface area contributed by atoms with Gasteiger partial charge in [0.05, 0.1) is 6.61 Å². The number of ether oxygens (including phenoxy) is 2. The molecule has 0 aliphatic carbocycles. The van der Waals surface area contributed by atoms with Crippen molar-refractivity contribution in [2.45, 2.75) is 20.8 Å². The van der Waals surface area contributed by atoms with Gasteiger partial charge in [-0.25, -0.2) is 4.79 Å². The molecule has 2 aromatic rings. The summed E-state index contributed by atoms with van der Waals surface area (Å²) in [6.45, 7) is 5.71. The molecular weight excluding hydrogens is 356 g/mol. The molecule has 0 radical (unpaired) electrons. The summed E-state index contributed by atoms with van der Waals surface area (Å²) in [5.74, 6) is -0.429. The molecule has 0 saturated carbocycles. The third-order valence-corrected chi connectivity index (χ3v) is 3.85. The van der Waals surface area contributed by atoms with E-state index in [9.17, 15) is 14.9 Å². The van der Waals surface area contributed by atoms with Crippen LogP contribution in [-0.2, 0) is 14.3 Å². The Bertz CT molecular complexity index is 925. The molecule has 0 saturated heterocycles. The van der Waals surface area contributed by atoms with Crippen molar-refractivity contribution in [2.24, 2.45) is 0 Å². The summed E-state index contributed by atoms with van der Waals surface area (Å²) in [7, 11) is 0. The van der Waals surface area contributed by atoms with E-state index in [0.29, 0.717) is 23.6 Å². The van der Waals surface area contributed by atoms with E-state index in [2.05, 4.69) is 5.32 Å². The van der Waals surface area contributed by atoms with Crippen LogP contribution in [-0.4, -0.2) is 25.1 Å². The van der Waals surface area contributed by atoms with E-state index in [1.165, 1.54) is 6.08 Å². The molecule has 0 aromatic heterocycles. The van der Waals surface area contributed by atoms with Gasteiger partial charge in [-0.05, 0) is 56.2 Å². The zero-order valence-electron chi connectivity index (χ0n) is 16.1. The predicted octanol–water partition coefficient (Wildman–Crippen LogP) is 3.79. The van der Waals surface area contributed by atoms with Gasteiger partial charge in [0.25, 0.3) is 5.91 Å². The van der Waals surface area contributed by atoms with Crippen LogP contribution < -0.4 is 10.1 Å². The molecular formula is C22H22N2O4. The third-order valence-electron chi connectivity index (χ3n) is 3.85. The Morgan fingerprint density at radius 3 is 2.46 bits per heavy atom. The van der Waals surface area contributed by atoms with Gasteiger partial charge in [-0.3, -0.25) is 4.79 Å². The fraction of sp³-hybridized carbons (Fsp3) is 0.227. The first-order valence-electron chi connectivity index (χ1n) is 8.81. The fourth-order valence-electron chi connectivity index (χ4n) is 2.46. The number of nitriles is 1. The van der Waals surface area contributed by atoms with Crippen LogP contribution in [0.5, 0.6) is 5.75 Å². The van der Waals surface area contributed by atoms with E-state index < -0.39 is 11.9 Å². The fourth-order valence-corrected chi connectivity index (χ4v) is 2.46. The minimum absolute atomic E-state index is 0.0137. The summed E-state index contributed by atoms with van der Waals surface area (Å²) < 4.78 is 10.1. The van der Waals surface area contributed by atoms with Gasteiger partial charge < -0.3 is 14.8 Å². The SMILES string of the molecule is CCOC(=O)COc1ccc(/C=C(\C#N)C(=O)Nc2ccc(C)cc2C)cc1. The summed E-state index contributed by atoms with van der Waals surface area (Å²) in [5.41, 5.74) is 3.33. The molecule has 1 N–H and O–H groups in total. The number of carbonyl (C=O) groups is 2. The minimum Gasteiger partial charge on any atom is -0.482 e. The number of esters is 1. The predicted molar refractivity (Wildman–Crippen MR) is 107 cm³/mol. The van der Waals surface area contributed by atoms with Crippen molar-refractivity contribution < 1.29 is 19.1 Å². The molecule has 0 aliphatic heterocycles. The van der Waals surface area contributed by atoms with Crippen molar-refractivity contribution >= 4 is 23.6 Å². The van der Waals surface area contributed by atoms with E-state index in [1.807, 2.05) is 38.1 Å². The zero-order chi connectivity index (χ0) is 20.5. The molecule has 6 nitrogen and oxygen atoms in total. The number of benzene rings is 2. The highest BCUT2D eigenvalue weighted by Crippen LogP contribution is 2.18. The molecule has 0 aliphatic rings. The van der Waals surface area contributed by atoms with Gasteiger partial charge >= 0.3 is 5.97 Å². The first-order valence-corrected chi connectivity index (χ1v) is 8.81. The smallest absolute Gasteiger partial charge is 0.344 e. The van der Waals surface area contributed by atoms with Crippen LogP contribution in [0.2, 0.25) is 0 Å². The normalized spacial score (nSPS) is 10.7. The van der Waals surface area contributed by atoms with Crippen molar-refractivity contribution in [2.75, 3.05) is 18.5 Å². The van der Waals surface area contributed by atoms with Crippen LogP contribution in [0.1, 0.15) is 23.6 Å². The molecule has 144 valence electrons. The zero-order valence-corrected chi connectivity index (χ0v) is 16.1. The number of amides is 1. The Morgan fingerprint density at radius 1 is 1.14 bits per heavy atom. The third kappa shape index (κ3) is 5.99. The molecule has 0 unspecified atom stereocenters. The summed E-state index contributed by atoms with van der Waals surface area (Å²) in [5, 5.41) is 12.1. The topological polar surface area (TPSA) is 88.4 Å². The van der Waals surface area contributed by atoms with Gasteiger partial charge in [-0.1, -0.05) is 29.8 Å². The van der Waals surface area contributed by atoms with Crippen LogP contribution in [0.15, 0.2) is 48.0 Å². The number of nitrogens with zero attached hydrogens (tertiary/aromatic N) is 1. The van der Waals surface area contributed by atoms with E-state index in [-0.39, 0.29) is 12.2 Å². The number of anilines is 1. The Hall–Kier alpha value is -3.59. The summed E-state index contributed by atoms with van der Waals surface area (Å²) in [4.78, 5) is 23.7. The number of aryl methyl sites for hydroxylation is 2. The molecule has 28 heavy (non-hydrogen) atoms. The second kappa shape index (κ2) is 9.93. The van der Waals surface area contributed by atoms with Gasteiger partial charge in [0.2, 0.25) is 0 Å². The standard InChI is InChI=1S/C22H22N2O4/c1-4-27-21(25)14-28-19-8-6-17(7-9-19)12-18(13-23)22(26)24-20-10-5-15(2)11-16(20)3/h5-12H,4,14H2,1-3H3,(H,24,26)/b18-12+. The first kappa shape index (κ1) is 20.7. The Morgan fingerprint density at radius 2 is 1.86 bits per heavy atom. The largest absolute Gasteiger partial charge is 0.482 e. The van der Waals surface area contributed by atoms with Gasteiger partial charge in [0, 0.05) is 5.69 Å². The van der Waals surface area contributed by atoms with Crippen LogP contribution in [0.3, 0.4) is 0 Å². The van der Waals surface area contributed by atoms with E-state index >= 15 is 0 Å². The monoisotopic (exact) mass is 378 g/mol. The lowest BCUT2D eigenvalue weighted by molar-refractivity contribution is -0.145.